The monoisotopic (exact) mass is 275 g/mol. The van der Waals surface area contributed by atoms with Crippen molar-refractivity contribution in [3.8, 4) is 0 Å². The van der Waals surface area contributed by atoms with E-state index in [0.717, 1.165) is 32.5 Å². The smallest absolute Gasteiger partial charge is 0.0587 e. The molecule has 0 aliphatic heterocycles. The SMILES string of the molecule is COCCNCCC=C(C)Cc1ccc(C(C)C)cc1. The molecule has 0 saturated carbocycles. The second-order valence-electron chi connectivity index (χ2n) is 5.66. The van der Waals surface area contributed by atoms with Crippen molar-refractivity contribution in [3.63, 3.8) is 0 Å². The second kappa shape index (κ2) is 9.73. The van der Waals surface area contributed by atoms with Gasteiger partial charge in [0, 0.05) is 13.7 Å². The summed E-state index contributed by atoms with van der Waals surface area (Å²) < 4.78 is 5.00. The molecule has 0 bridgehead atoms. The van der Waals surface area contributed by atoms with Crippen LogP contribution in [0.3, 0.4) is 0 Å². The Bertz CT molecular complexity index is 392. The lowest BCUT2D eigenvalue weighted by Crippen LogP contribution is -2.19. The van der Waals surface area contributed by atoms with E-state index in [1.807, 2.05) is 0 Å². The van der Waals surface area contributed by atoms with Crippen molar-refractivity contribution in [1.82, 2.24) is 5.32 Å². The van der Waals surface area contributed by atoms with Crippen molar-refractivity contribution in [2.45, 2.75) is 39.5 Å². The van der Waals surface area contributed by atoms with Crippen LogP contribution in [0.25, 0.3) is 0 Å². The van der Waals surface area contributed by atoms with Gasteiger partial charge in [0.2, 0.25) is 0 Å². The van der Waals surface area contributed by atoms with Crippen LogP contribution in [-0.4, -0.2) is 26.8 Å². The molecule has 0 radical (unpaired) electrons. The van der Waals surface area contributed by atoms with E-state index in [2.05, 4.69) is 56.4 Å². The molecule has 0 amide bonds. The molecular formula is C18H29NO. The Morgan fingerprint density at radius 2 is 1.90 bits per heavy atom. The maximum absolute atomic E-state index is 5.00. The number of ether oxygens (including phenoxy) is 1. The molecular weight excluding hydrogens is 246 g/mol. The van der Waals surface area contributed by atoms with Gasteiger partial charge in [0.25, 0.3) is 0 Å². The number of nitrogens with one attached hydrogen (secondary N) is 1. The van der Waals surface area contributed by atoms with E-state index in [9.17, 15) is 0 Å². The highest BCUT2D eigenvalue weighted by molar-refractivity contribution is 5.27. The van der Waals surface area contributed by atoms with E-state index >= 15 is 0 Å². The van der Waals surface area contributed by atoms with Crippen LogP contribution in [0.1, 0.15) is 44.2 Å². The van der Waals surface area contributed by atoms with Gasteiger partial charge < -0.3 is 10.1 Å². The molecule has 1 aromatic rings. The molecule has 1 aromatic carbocycles. The van der Waals surface area contributed by atoms with Crippen molar-refractivity contribution in [1.29, 1.82) is 0 Å². The van der Waals surface area contributed by atoms with Crippen LogP contribution in [0.2, 0.25) is 0 Å². The zero-order chi connectivity index (χ0) is 14.8. The summed E-state index contributed by atoms with van der Waals surface area (Å²) in [4.78, 5) is 0. The third-order valence-electron chi connectivity index (χ3n) is 3.43. The highest BCUT2D eigenvalue weighted by Gasteiger charge is 1.99. The van der Waals surface area contributed by atoms with E-state index < -0.39 is 0 Å². The summed E-state index contributed by atoms with van der Waals surface area (Å²) in [6.07, 6.45) is 4.46. The van der Waals surface area contributed by atoms with Crippen LogP contribution in [-0.2, 0) is 11.2 Å². The van der Waals surface area contributed by atoms with Gasteiger partial charge in [0.05, 0.1) is 6.61 Å². The van der Waals surface area contributed by atoms with Crippen molar-refractivity contribution in [2.24, 2.45) is 0 Å². The molecule has 2 nitrogen and oxygen atoms in total. The van der Waals surface area contributed by atoms with Crippen LogP contribution < -0.4 is 5.32 Å². The minimum Gasteiger partial charge on any atom is -0.383 e. The zero-order valence-electron chi connectivity index (χ0n) is 13.4. The fourth-order valence-electron chi connectivity index (χ4n) is 2.13. The van der Waals surface area contributed by atoms with E-state index in [1.165, 1.54) is 16.7 Å². The van der Waals surface area contributed by atoms with Crippen LogP contribution >= 0.6 is 0 Å². The Kier molecular flexibility index (Phi) is 8.24. The first-order chi connectivity index (χ1) is 9.63. The lowest BCUT2D eigenvalue weighted by molar-refractivity contribution is 0.199. The minimum atomic E-state index is 0.610. The first-order valence-corrected chi connectivity index (χ1v) is 7.57. The Morgan fingerprint density at radius 1 is 1.20 bits per heavy atom. The normalized spacial score (nSPS) is 12.2. The van der Waals surface area contributed by atoms with Crippen LogP contribution in [0.5, 0.6) is 0 Å². The highest BCUT2D eigenvalue weighted by atomic mass is 16.5. The summed E-state index contributed by atoms with van der Waals surface area (Å²) in [6, 6.07) is 9.01. The van der Waals surface area contributed by atoms with Crippen LogP contribution in [0.15, 0.2) is 35.9 Å². The van der Waals surface area contributed by atoms with Gasteiger partial charge in [-0.3, -0.25) is 0 Å². The number of hydrogen-bond donors (Lipinski definition) is 1. The highest BCUT2D eigenvalue weighted by Crippen LogP contribution is 2.16. The van der Waals surface area contributed by atoms with Gasteiger partial charge in [0.15, 0.2) is 0 Å². The Morgan fingerprint density at radius 3 is 2.50 bits per heavy atom. The van der Waals surface area contributed by atoms with Crippen molar-refractivity contribution >= 4 is 0 Å². The lowest BCUT2D eigenvalue weighted by atomic mass is 9.99. The summed E-state index contributed by atoms with van der Waals surface area (Å²) in [6.45, 7) is 9.41. The van der Waals surface area contributed by atoms with Crippen molar-refractivity contribution in [3.05, 3.63) is 47.0 Å². The van der Waals surface area contributed by atoms with Crippen molar-refractivity contribution < 1.29 is 4.74 Å². The molecule has 0 aliphatic carbocycles. The Balaban J connectivity index is 2.31. The number of allylic oxidation sites excluding steroid dienone is 1. The second-order valence-corrected chi connectivity index (χ2v) is 5.66. The molecule has 0 aromatic heterocycles. The molecule has 1 N–H and O–H groups in total. The van der Waals surface area contributed by atoms with Gasteiger partial charge in [-0.1, -0.05) is 49.8 Å². The topological polar surface area (TPSA) is 21.3 Å². The summed E-state index contributed by atoms with van der Waals surface area (Å²) in [7, 11) is 1.73. The van der Waals surface area contributed by atoms with Crippen LogP contribution in [0, 0.1) is 0 Å². The third-order valence-corrected chi connectivity index (χ3v) is 3.43. The van der Waals surface area contributed by atoms with Gasteiger partial charge in [-0.25, -0.2) is 0 Å². The Labute approximate surface area is 124 Å². The average molecular weight is 275 g/mol. The first kappa shape index (κ1) is 16.9. The first-order valence-electron chi connectivity index (χ1n) is 7.57. The molecule has 112 valence electrons. The van der Waals surface area contributed by atoms with Gasteiger partial charge >= 0.3 is 0 Å². The fraction of sp³-hybridized carbons (Fsp3) is 0.556. The molecule has 0 saturated heterocycles. The fourth-order valence-corrected chi connectivity index (χ4v) is 2.13. The maximum atomic E-state index is 5.00. The van der Waals surface area contributed by atoms with E-state index in [-0.39, 0.29) is 0 Å². The molecule has 0 heterocycles. The van der Waals surface area contributed by atoms with Crippen molar-refractivity contribution in [2.75, 3.05) is 26.8 Å². The molecule has 0 unspecified atom stereocenters. The standard InChI is InChI=1S/C18H29NO/c1-15(2)18-9-7-17(8-10-18)14-16(3)6-5-11-19-12-13-20-4/h6-10,15,19H,5,11-14H2,1-4H3. The number of rotatable bonds is 9. The average Bonchev–Trinajstić information content (AvgIpc) is 2.43. The van der Waals surface area contributed by atoms with Gasteiger partial charge in [0.1, 0.15) is 0 Å². The van der Waals surface area contributed by atoms with E-state index in [1.54, 1.807) is 7.11 Å². The third kappa shape index (κ3) is 6.88. The lowest BCUT2D eigenvalue weighted by Gasteiger charge is -2.07. The van der Waals surface area contributed by atoms with E-state index in [0.29, 0.717) is 5.92 Å². The molecule has 0 spiro atoms. The molecule has 0 aliphatic rings. The summed E-state index contributed by atoms with van der Waals surface area (Å²) in [5.74, 6) is 0.610. The molecule has 1 rings (SSSR count). The molecule has 0 atom stereocenters. The minimum absolute atomic E-state index is 0.610. The number of benzene rings is 1. The zero-order valence-corrected chi connectivity index (χ0v) is 13.4. The van der Waals surface area contributed by atoms with Gasteiger partial charge in [-0.05, 0) is 43.4 Å². The predicted molar refractivity (Wildman–Crippen MR) is 87.4 cm³/mol. The maximum Gasteiger partial charge on any atom is 0.0587 e. The Hall–Kier alpha value is -1.12. The summed E-state index contributed by atoms with van der Waals surface area (Å²) in [5, 5.41) is 3.36. The predicted octanol–water partition coefficient (Wildman–Crippen LogP) is 3.92. The van der Waals surface area contributed by atoms with E-state index in [4.69, 9.17) is 4.74 Å². The number of hydrogen-bond acceptors (Lipinski definition) is 2. The quantitative estimate of drug-likeness (QED) is 0.545. The molecule has 20 heavy (non-hydrogen) atoms. The van der Waals surface area contributed by atoms with Crippen LogP contribution in [0.4, 0.5) is 0 Å². The number of methoxy groups -OCH3 is 1. The largest absolute Gasteiger partial charge is 0.383 e. The van der Waals surface area contributed by atoms with Gasteiger partial charge in [-0.15, -0.1) is 0 Å². The van der Waals surface area contributed by atoms with Gasteiger partial charge in [-0.2, -0.15) is 0 Å². The summed E-state index contributed by atoms with van der Waals surface area (Å²) >= 11 is 0. The molecule has 0 fully saturated rings. The molecule has 2 heteroatoms. The summed E-state index contributed by atoms with van der Waals surface area (Å²) in [5.41, 5.74) is 4.25.